The number of hydrogen-bond donors (Lipinski definition) is 1. The van der Waals surface area contributed by atoms with Crippen LogP contribution >= 0.6 is 0 Å². The van der Waals surface area contributed by atoms with E-state index in [9.17, 15) is 4.79 Å². The summed E-state index contributed by atoms with van der Waals surface area (Å²) in [5.74, 6) is -0.0376. The van der Waals surface area contributed by atoms with Crippen LogP contribution in [0.1, 0.15) is 23.1 Å². The van der Waals surface area contributed by atoms with Gasteiger partial charge in [-0.3, -0.25) is 4.79 Å². The van der Waals surface area contributed by atoms with Gasteiger partial charge < -0.3 is 5.32 Å². The minimum Gasteiger partial charge on any atom is -0.326 e. The summed E-state index contributed by atoms with van der Waals surface area (Å²) in [6.07, 6.45) is 0.276. The summed E-state index contributed by atoms with van der Waals surface area (Å²) in [6.45, 7) is 0. The molecule has 4 aromatic rings. The summed E-state index contributed by atoms with van der Waals surface area (Å²) >= 11 is 0. The standard InChI is InChI=1S/C28H23NO/c30-27(29-25-19-11-4-12-20-25)21-26(22-13-5-1-6-14-22)28(23-15-7-2-8-16-23)24-17-9-3-10-18-24/h1-20H,21H2,(H,29,30). The van der Waals surface area contributed by atoms with Crippen molar-refractivity contribution in [3.8, 4) is 0 Å². The zero-order valence-corrected chi connectivity index (χ0v) is 16.7. The fraction of sp³-hybridized carbons (Fsp3) is 0.0357. The Bertz CT molecular complexity index is 1080. The highest BCUT2D eigenvalue weighted by molar-refractivity contribution is 6.07. The topological polar surface area (TPSA) is 29.1 Å². The number of carbonyl (C=O) groups is 1. The van der Waals surface area contributed by atoms with E-state index < -0.39 is 0 Å². The number of para-hydroxylation sites is 1. The Labute approximate surface area is 177 Å². The van der Waals surface area contributed by atoms with Gasteiger partial charge in [0.15, 0.2) is 0 Å². The maximum Gasteiger partial charge on any atom is 0.228 e. The third kappa shape index (κ3) is 4.73. The number of amides is 1. The highest BCUT2D eigenvalue weighted by atomic mass is 16.1. The molecule has 0 unspecified atom stereocenters. The minimum absolute atomic E-state index is 0.0376. The van der Waals surface area contributed by atoms with Gasteiger partial charge in [0.05, 0.1) is 6.42 Å². The molecular weight excluding hydrogens is 366 g/mol. The van der Waals surface area contributed by atoms with Crippen molar-refractivity contribution in [1.29, 1.82) is 0 Å². The summed E-state index contributed by atoms with van der Waals surface area (Å²) in [5, 5.41) is 3.03. The van der Waals surface area contributed by atoms with Crippen molar-refractivity contribution in [3.05, 3.63) is 138 Å². The summed E-state index contributed by atoms with van der Waals surface area (Å²) in [4.78, 5) is 13.0. The largest absolute Gasteiger partial charge is 0.326 e. The number of carbonyl (C=O) groups excluding carboxylic acids is 1. The molecule has 0 atom stereocenters. The van der Waals surface area contributed by atoms with Gasteiger partial charge in [-0.2, -0.15) is 0 Å². The van der Waals surface area contributed by atoms with E-state index in [1.165, 1.54) is 0 Å². The van der Waals surface area contributed by atoms with Crippen molar-refractivity contribution >= 4 is 22.7 Å². The monoisotopic (exact) mass is 389 g/mol. The highest BCUT2D eigenvalue weighted by Gasteiger charge is 2.17. The van der Waals surface area contributed by atoms with Crippen LogP contribution < -0.4 is 5.32 Å². The Morgan fingerprint density at radius 2 is 0.933 bits per heavy atom. The van der Waals surface area contributed by atoms with Gasteiger partial charge in [-0.1, -0.05) is 109 Å². The Morgan fingerprint density at radius 1 is 0.533 bits per heavy atom. The van der Waals surface area contributed by atoms with Gasteiger partial charge in [0.1, 0.15) is 0 Å². The minimum atomic E-state index is -0.0376. The molecule has 0 aliphatic heterocycles. The van der Waals surface area contributed by atoms with Crippen molar-refractivity contribution in [3.63, 3.8) is 0 Å². The molecule has 0 radical (unpaired) electrons. The summed E-state index contributed by atoms with van der Waals surface area (Å²) in [6, 6.07) is 40.3. The molecule has 0 aliphatic carbocycles. The highest BCUT2D eigenvalue weighted by Crippen LogP contribution is 2.34. The van der Waals surface area contributed by atoms with E-state index in [-0.39, 0.29) is 12.3 Å². The van der Waals surface area contributed by atoms with Crippen molar-refractivity contribution in [2.24, 2.45) is 0 Å². The molecule has 1 amide bonds. The van der Waals surface area contributed by atoms with E-state index in [1.54, 1.807) is 0 Å². The molecule has 0 spiro atoms. The first kappa shape index (κ1) is 19.4. The normalized spacial score (nSPS) is 10.3. The molecule has 2 nitrogen and oxygen atoms in total. The first-order chi connectivity index (χ1) is 14.8. The van der Waals surface area contributed by atoms with E-state index in [1.807, 2.05) is 84.9 Å². The Morgan fingerprint density at radius 3 is 1.40 bits per heavy atom. The van der Waals surface area contributed by atoms with E-state index in [0.717, 1.165) is 33.5 Å². The molecule has 4 aromatic carbocycles. The van der Waals surface area contributed by atoms with Crippen LogP contribution in [0.5, 0.6) is 0 Å². The fourth-order valence-corrected chi connectivity index (χ4v) is 3.59. The molecule has 1 N–H and O–H groups in total. The Hall–Kier alpha value is -3.91. The maximum atomic E-state index is 13.0. The Kier molecular flexibility index (Phi) is 6.16. The molecule has 30 heavy (non-hydrogen) atoms. The first-order valence-corrected chi connectivity index (χ1v) is 10.1. The van der Waals surface area contributed by atoms with Gasteiger partial charge in [-0.05, 0) is 40.0 Å². The molecular formula is C28H23NO. The SMILES string of the molecule is O=C(CC(=C(c1ccccc1)c1ccccc1)c1ccccc1)Nc1ccccc1. The van der Waals surface area contributed by atoms with Crippen LogP contribution in [-0.4, -0.2) is 5.91 Å². The van der Waals surface area contributed by atoms with E-state index in [2.05, 4.69) is 41.7 Å². The third-order valence-electron chi connectivity index (χ3n) is 4.94. The van der Waals surface area contributed by atoms with Gasteiger partial charge in [0, 0.05) is 5.69 Å². The van der Waals surface area contributed by atoms with Gasteiger partial charge in [-0.25, -0.2) is 0 Å². The molecule has 0 aliphatic rings. The van der Waals surface area contributed by atoms with Crippen LogP contribution in [0.4, 0.5) is 5.69 Å². The predicted octanol–water partition coefficient (Wildman–Crippen LogP) is 6.67. The van der Waals surface area contributed by atoms with Crippen LogP contribution in [0, 0.1) is 0 Å². The van der Waals surface area contributed by atoms with Crippen LogP contribution in [-0.2, 0) is 4.79 Å². The maximum absolute atomic E-state index is 13.0. The molecule has 2 heteroatoms. The van der Waals surface area contributed by atoms with Gasteiger partial charge in [-0.15, -0.1) is 0 Å². The van der Waals surface area contributed by atoms with E-state index in [0.29, 0.717) is 0 Å². The van der Waals surface area contributed by atoms with Gasteiger partial charge >= 0.3 is 0 Å². The molecule has 0 heterocycles. The quantitative estimate of drug-likeness (QED) is 0.366. The van der Waals surface area contributed by atoms with Crippen LogP contribution in [0.2, 0.25) is 0 Å². The molecule has 0 bridgehead atoms. The van der Waals surface area contributed by atoms with Gasteiger partial charge in [0.2, 0.25) is 5.91 Å². The number of hydrogen-bond acceptors (Lipinski definition) is 1. The molecule has 0 fully saturated rings. The van der Waals surface area contributed by atoms with Gasteiger partial charge in [0.25, 0.3) is 0 Å². The average molecular weight is 389 g/mol. The number of rotatable bonds is 6. The smallest absolute Gasteiger partial charge is 0.228 e. The van der Waals surface area contributed by atoms with Crippen LogP contribution in [0.3, 0.4) is 0 Å². The molecule has 0 aromatic heterocycles. The second-order valence-electron chi connectivity index (χ2n) is 7.04. The second-order valence-corrected chi connectivity index (χ2v) is 7.04. The molecule has 4 rings (SSSR count). The summed E-state index contributed by atoms with van der Waals surface area (Å²) < 4.78 is 0. The summed E-state index contributed by atoms with van der Waals surface area (Å²) in [7, 11) is 0. The van der Waals surface area contributed by atoms with E-state index >= 15 is 0 Å². The molecule has 0 saturated carbocycles. The predicted molar refractivity (Wildman–Crippen MR) is 125 cm³/mol. The van der Waals surface area contributed by atoms with Crippen molar-refractivity contribution < 1.29 is 4.79 Å². The van der Waals surface area contributed by atoms with Crippen molar-refractivity contribution in [2.45, 2.75) is 6.42 Å². The average Bonchev–Trinajstić information content (AvgIpc) is 2.81. The molecule has 146 valence electrons. The lowest BCUT2D eigenvalue weighted by Gasteiger charge is -2.17. The number of nitrogens with one attached hydrogen (secondary N) is 1. The first-order valence-electron chi connectivity index (χ1n) is 10.1. The molecule has 0 saturated heterocycles. The van der Waals surface area contributed by atoms with E-state index in [4.69, 9.17) is 0 Å². The third-order valence-corrected chi connectivity index (χ3v) is 4.94. The second kappa shape index (κ2) is 9.53. The zero-order chi connectivity index (χ0) is 20.6. The lowest BCUT2D eigenvalue weighted by molar-refractivity contribution is -0.115. The van der Waals surface area contributed by atoms with Crippen LogP contribution in [0.15, 0.2) is 121 Å². The zero-order valence-electron chi connectivity index (χ0n) is 16.7. The Balaban J connectivity index is 1.83. The number of anilines is 1. The summed E-state index contributed by atoms with van der Waals surface area (Å²) in [5.41, 5.74) is 6.11. The fourth-order valence-electron chi connectivity index (χ4n) is 3.59. The van der Waals surface area contributed by atoms with Crippen LogP contribution in [0.25, 0.3) is 11.1 Å². The lowest BCUT2D eigenvalue weighted by Crippen LogP contribution is -2.13. The number of benzene rings is 4. The van der Waals surface area contributed by atoms with Crippen molar-refractivity contribution in [1.82, 2.24) is 0 Å². The lowest BCUT2D eigenvalue weighted by atomic mass is 9.88. The van der Waals surface area contributed by atoms with Crippen molar-refractivity contribution in [2.75, 3.05) is 5.32 Å².